The second-order valence-corrected chi connectivity index (χ2v) is 6.98. The first-order chi connectivity index (χ1) is 11.5. The molecule has 0 saturated carbocycles. The van der Waals surface area contributed by atoms with E-state index in [1.54, 1.807) is 11.8 Å². The van der Waals surface area contributed by atoms with Gasteiger partial charge >= 0.3 is 5.97 Å². The number of halogens is 2. The number of ether oxygens (including phenoxy) is 1. The smallest absolute Gasteiger partial charge is 0.352 e. The molecule has 0 N–H and O–H groups in total. The zero-order valence-electron chi connectivity index (χ0n) is 13.6. The highest BCUT2D eigenvalue weighted by Crippen LogP contribution is 2.30. The van der Waals surface area contributed by atoms with Crippen molar-refractivity contribution in [3.63, 3.8) is 0 Å². The molecule has 0 bridgehead atoms. The van der Waals surface area contributed by atoms with Gasteiger partial charge < -0.3 is 9.64 Å². The summed E-state index contributed by atoms with van der Waals surface area (Å²) in [6.45, 7) is 2.09. The minimum atomic E-state index is -2.23. The highest BCUT2D eigenvalue weighted by atomic mass is 35.5. The van der Waals surface area contributed by atoms with E-state index in [-0.39, 0.29) is 12.6 Å². The molecule has 1 amide bonds. The Hall–Kier alpha value is -1.52. The van der Waals surface area contributed by atoms with Gasteiger partial charge in [0.25, 0.3) is 10.2 Å². The van der Waals surface area contributed by atoms with E-state index in [0.717, 1.165) is 18.4 Å². The van der Waals surface area contributed by atoms with Gasteiger partial charge in [0, 0.05) is 12.6 Å². The van der Waals surface area contributed by atoms with E-state index in [4.69, 9.17) is 27.9 Å². The summed E-state index contributed by atoms with van der Waals surface area (Å²) in [6, 6.07) is 9.51. The first-order valence-corrected chi connectivity index (χ1v) is 8.77. The van der Waals surface area contributed by atoms with Gasteiger partial charge in [0.2, 0.25) is 0 Å². The van der Waals surface area contributed by atoms with Crippen molar-refractivity contribution in [3.8, 4) is 0 Å². The molecule has 1 aromatic rings. The van der Waals surface area contributed by atoms with Crippen molar-refractivity contribution in [3.05, 3.63) is 48.0 Å². The Kier molecular flexibility index (Phi) is 6.69. The largest absolute Gasteiger partial charge is 0.463 e. The van der Waals surface area contributed by atoms with Crippen molar-refractivity contribution >= 4 is 35.1 Å². The summed E-state index contributed by atoms with van der Waals surface area (Å²) < 4.78 is 2.62. The van der Waals surface area contributed by atoms with Gasteiger partial charge in [-0.25, -0.2) is 4.79 Å². The number of alkyl halides is 2. The lowest BCUT2D eigenvalue weighted by Gasteiger charge is -2.35. The highest BCUT2D eigenvalue weighted by Gasteiger charge is 2.47. The fraction of sp³-hybridized carbons (Fsp3) is 0.444. The predicted octanol–water partition coefficient (Wildman–Crippen LogP) is 3.86. The Balaban J connectivity index is 2.25. The van der Waals surface area contributed by atoms with Crippen molar-refractivity contribution < 1.29 is 14.3 Å². The molecule has 24 heavy (non-hydrogen) atoms. The Morgan fingerprint density at radius 3 is 2.54 bits per heavy atom. The average Bonchev–Trinajstić information content (AvgIpc) is 2.61. The number of esters is 1. The van der Waals surface area contributed by atoms with Crippen molar-refractivity contribution in [2.24, 2.45) is 0 Å². The van der Waals surface area contributed by atoms with Gasteiger partial charge in [-0.15, -0.1) is 0 Å². The standard InChI is InChI=1S/C18H21Cl2NO3/c1-2-24-17(23)18(19,20)16(22)21(15-11-7-4-8-12-15)13-14-9-5-3-6-10-14/h3-7,9-10,15H,2,8,11-13H2,1H3. The topological polar surface area (TPSA) is 46.6 Å². The van der Waals surface area contributed by atoms with Gasteiger partial charge in [0.1, 0.15) is 0 Å². The monoisotopic (exact) mass is 369 g/mol. The number of rotatable bonds is 6. The van der Waals surface area contributed by atoms with Crippen LogP contribution in [-0.4, -0.2) is 33.8 Å². The number of hydrogen-bond donors (Lipinski definition) is 0. The van der Waals surface area contributed by atoms with E-state index < -0.39 is 16.2 Å². The molecule has 0 aliphatic heterocycles. The summed E-state index contributed by atoms with van der Waals surface area (Å²) in [4.78, 5) is 26.5. The molecule has 6 heteroatoms. The molecular formula is C18H21Cl2NO3. The number of hydrogen-bond acceptors (Lipinski definition) is 3. The lowest BCUT2D eigenvalue weighted by molar-refractivity contribution is -0.151. The van der Waals surface area contributed by atoms with Gasteiger partial charge in [-0.05, 0) is 31.7 Å². The number of allylic oxidation sites excluding steroid dienone is 1. The third-order valence-electron chi connectivity index (χ3n) is 3.94. The van der Waals surface area contributed by atoms with E-state index in [9.17, 15) is 9.59 Å². The van der Waals surface area contributed by atoms with Gasteiger partial charge in [-0.1, -0.05) is 65.7 Å². The minimum absolute atomic E-state index is 0.0472. The van der Waals surface area contributed by atoms with Crippen LogP contribution in [0.2, 0.25) is 0 Å². The van der Waals surface area contributed by atoms with Crippen LogP contribution >= 0.6 is 23.2 Å². The maximum absolute atomic E-state index is 12.9. The molecule has 0 aromatic heterocycles. The molecule has 130 valence electrons. The maximum atomic E-state index is 12.9. The summed E-state index contributed by atoms with van der Waals surface area (Å²) in [5, 5.41) is 0. The van der Waals surface area contributed by atoms with E-state index in [2.05, 4.69) is 6.08 Å². The molecular weight excluding hydrogens is 349 g/mol. The Bertz CT molecular complexity index is 602. The first kappa shape index (κ1) is 18.8. The van der Waals surface area contributed by atoms with Crippen LogP contribution in [0.4, 0.5) is 0 Å². The van der Waals surface area contributed by atoms with Crippen LogP contribution in [-0.2, 0) is 20.9 Å². The summed E-state index contributed by atoms with van der Waals surface area (Å²) in [7, 11) is 0. The Morgan fingerprint density at radius 2 is 1.96 bits per heavy atom. The quantitative estimate of drug-likeness (QED) is 0.331. The second kappa shape index (κ2) is 8.54. The Labute approximate surface area is 152 Å². The fourth-order valence-corrected chi connectivity index (χ4v) is 3.02. The molecule has 1 aliphatic rings. The maximum Gasteiger partial charge on any atom is 0.352 e. The summed E-state index contributed by atoms with van der Waals surface area (Å²) in [5.74, 6) is -1.56. The summed E-state index contributed by atoms with van der Waals surface area (Å²) in [6.07, 6.45) is 6.52. The summed E-state index contributed by atoms with van der Waals surface area (Å²) in [5.41, 5.74) is 0.952. The number of nitrogens with zero attached hydrogens (tertiary/aromatic N) is 1. The molecule has 1 atom stereocenters. The van der Waals surface area contributed by atoms with Crippen LogP contribution in [0.5, 0.6) is 0 Å². The molecule has 2 rings (SSSR count). The third-order valence-corrected chi connectivity index (χ3v) is 4.57. The molecule has 1 aromatic carbocycles. The molecule has 1 unspecified atom stereocenters. The van der Waals surface area contributed by atoms with Crippen LogP contribution in [0, 0.1) is 0 Å². The normalized spacial score (nSPS) is 17.4. The van der Waals surface area contributed by atoms with Crippen LogP contribution < -0.4 is 0 Å². The SMILES string of the molecule is CCOC(=O)C(Cl)(Cl)C(=O)N(Cc1ccccc1)C1CC=CCC1. The third kappa shape index (κ3) is 4.52. The van der Waals surface area contributed by atoms with E-state index in [1.165, 1.54) is 0 Å². The van der Waals surface area contributed by atoms with Crippen molar-refractivity contribution in [1.29, 1.82) is 0 Å². The minimum Gasteiger partial charge on any atom is -0.463 e. The van der Waals surface area contributed by atoms with Crippen molar-refractivity contribution in [2.45, 2.75) is 43.1 Å². The highest BCUT2D eigenvalue weighted by molar-refractivity contribution is 6.67. The Morgan fingerprint density at radius 1 is 1.25 bits per heavy atom. The van der Waals surface area contributed by atoms with Crippen LogP contribution in [0.25, 0.3) is 0 Å². The van der Waals surface area contributed by atoms with Gasteiger partial charge in [-0.3, -0.25) is 4.79 Å². The van der Waals surface area contributed by atoms with Gasteiger partial charge in [0.05, 0.1) is 6.61 Å². The first-order valence-electron chi connectivity index (χ1n) is 8.01. The second-order valence-electron chi connectivity index (χ2n) is 5.65. The zero-order valence-corrected chi connectivity index (χ0v) is 15.1. The van der Waals surface area contributed by atoms with Crippen molar-refractivity contribution in [1.82, 2.24) is 4.90 Å². The molecule has 4 nitrogen and oxygen atoms in total. The molecule has 0 saturated heterocycles. The fourth-order valence-electron chi connectivity index (χ4n) is 2.70. The lowest BCUT2D eigenvalue weighted by Crippen LogP contribution is -2.51. The lowest BCUT2D eigenvalue weighted by atomic mass is 9.99. The molecule has 0 fully saturated rings. The number of carbonyl (C=O) groups is 2. The van der Waals surface area contributed by atoms with E-state index >= 15 is 0 Å². The number of benzene rings is 1. The predicted molar refractivity (Wildman–Crippen MR) is 94.8 cm³/mol. The van der Waals surface area contributed by atoms with Crippen molar-refractivity contribution in [2.75, 3.05) is 6.61 Å². The van der Waals surface area contributed by atoms with E-state index in [0.29, 0.717) is 13.0 Å². The van der Waals surface area contributed by atoms with Gasteiger partial charge in [0.15, 0.2) is 0 Å². The molecule has 0 heterocycles. The number of carbonyl (C=O) groups excluding carboxylic acids is 2. The van der Waals surface area contributed by atoms with Crippen LogP contribution in [0.3, 0.4) is 0 Å². The van der Waals surface area contributed by atoms with Crippen LogP contribution in [0.15, 0.2) is 42.5 Å². The molecule has 0 spiro atoms. The average molecular weight is 370 g/mol. The zero-order chi connectivity index (χ0) is 17.6. The summed E-state index contributed by atoms with van der Waals surface area (Å²) >= 11 is 12.2. The van der Waals surface area contributed by atoms with Crippen LogP contribution in [0.1, 0.15) is 31.7 Å². The number of amides is 1. The van der Waals surface area contributed by atoms with E-state index in [1.807, 2.05) is 36.4 Å². The molecule has 0 radical (unpaired) electrons. The van der Waals surface area contributed by atoms with Gasteiger partial charge in [-0.2, -0.15) is 0 Å². The molecule has 1 aliphatic carbocycles.